The summed E-state index contributed by atoms with van der Waals surface area (Å²) >= 11 is 0. The Kier molecular flexibility index (Phi) is 5.50. The molecular formula is C24H24N2O5. The lowest BCUT2D eigenvalue weighted by molar-refractivity contribution is -0.157. The van der Waals surface area contributed by atoms with E-state index in [2.05, 4.69) is 4.98 Å². The highest BCUT2D eigenvalue weighted by Gasteiger charge is 2.24. The highest BCUT2D eigenvalue weighted by atomic mass is 16.5. The maximum absolute atomic E-state index is 13.1. The molecular weight excluding hydrogens is 396 g/mol. The Morgan fingerprint density at radius 2 is 2.00 bits per heavy atom. The predicted molar refractivity (Wildman–Crippen MR) is 117 cm³/mol. The number of ether oxygens (including phenoxy) is 3. The van der Waals surface area contributed by atoms with Crippen LogP contribution in [0.2, 0.25) is 0 Å². The van der Waals surface area contributed by atoms with Gasteiger partial charge in [-0.1, -0.05) is 30.3 Å². The first-order chi connectivity index (χ1) is 14.8. The average molecular weight is 420 g/mol. The van der Waals surface area contributed by atoms with E-state index in [9.17, 15) is 9.59 Å². The molecule has 0 saturated heterocycles. The fraction of sp³-hybridized carbons (Fsp3) is 0.292. The monoisotopic (exact) mass is 420 g/mol. The molecule has 0 aliphatic carbocycles. The van der Waals surface area contributed by atoms with Crippen LogP contribution in [0.15, 0.2) is 53.6 Å². The van der Waals surface area contributed by atoms with E-state index in [4.69, 9.17) is 14.2 Å². The molecule has 2 aromatic carbocycles. The molecule has 0 unspecified atom stereocenters. The standard InChI is InChI=1S/C24H24N2O5/c1-24(2,3)23(28)31-15-26-14-25-18-12-19(30-13-16-8-5-4-6-9-16)17-10-7-11-29-21(17)20(18)22(26)27/h4-10,12,14H,11,13,15H2,1-3H3. The molecule has 160 valence electrons. The Hall–Kier alpha value is -3.61. The third-order valence-corrected chi connectivity index (χ3v) is 4.86. The van der Waals surface area contributed by atoms with Crippen LogP contribution < -0.4 is 15.0 Å². The number of aromatic nitrogens is 2. The van der Waals surface area contributed by atoms with Crippen molar-refractivity contribution in [2.45, 2.75) is 34.1 Å². The van der Waals surface area contributed by atoms with Gasteiger partial charge in [0.1, 0.15) is 36.4 Å². The van der Waals surface area contributed by atoms with Crippen LogP contribution in [0.25, 0.3) is 17.0 Å². The van der Waals surface area contributed by atoms with Gasteiger partial charge in [-0.2, -0.15) is 0 Å². The normalized spacial score (nSPS) is 12.9. The lowest BCUT2D eigenvalue weighted by Gasteiger charge is -2.20. The number of rotatable bonds is 5. The molecule has 0 N–H and O–H groups in total. The molecule has 3 aromatic rings. The van der Waals surface area contributed by atoms with Crippen molar-refractivity contribution in [3.63, 3.8) is 0 Å². The number of hydrogen-bond acceptors (Lipinski definition) is 6. The van der Waals surface area contributed by atoms with Crippen LogP contribution in [0.4, 0.5) is 0 Å². The van der Waals surface area contributed by atoms with Crippen LogP contribution in [0, 0.1) is 5.41 Å². The summed E-state index contributed by atoms with van der Waals surface area (Å²) in [6, 6.07) is 11.6. The van der Waals surface area contributed by atoms with Gasteiger partial charge in [-0.25, -0.2) is 4.98 Å². The van der Waals surface area contributed by atoms with Gasteiger partial charge in [-0.15, -0.1) is 0 Å². The average Bonchev–Trinajstić information content (AvgIpc) is 2.76. The van der Waals surface area contributed by atoms with Crippen molar-refractivity contribution in [1.82, 2.24) is 9.55 Å². The molecule has 7 heteroatoms. The Balaban J connectivity index is 1.70. The molecule has 1 aromatic heterocycles. The molecule has 0 fully saturated rings. The van der Waals surface area contributed by atoms with E-state index in [1.807, 2.05) is 42.5 Å². The highest BCUT2D eigenvalue weighted by Crippen LogP contribution is 2.38. The maximum atomic E-state index is 13.1. The van der Waals surface area contributed by atoms with Crippen molar-refractivity contribution < 1.29 is 19.0 Å². The smallest absolute Gasteiger partial charge is 0.312 e. The van der Waals surface area contributed by atoms with Crippen molar-refractivity contribution in [2.24, 2.45) is 5.41 Å². The van der Waals surface area contributed by atoms with Gasteiger partial charge in [0.05, 0.1) is 16.5 Å². The Morgan fingerprint density at radius 3 is 2.74 bits per heavy atom. The Labute approximate surface area is 179 Å². The van der Waals surface area contributed by atoms with Crippen molar-refractivity contribution in [2.75, 3.05) is 6.61 Å². The fourth-order valence-corrected chi connectivity index (χ4v) is 3.17. The van der Waals surface area contributed by atoms with Gasteiger partial charge in [0.15, 0.2) is 6.73 Å². The summed E-state index contributed by atoms with van der Waals surface area (Å²) in [6.07, 6.45) is 5.12. The summed E-state index contributed by atoms with van der Waals surface area (Å²) in [5.74, 6) is 0.619. The number of hydrogen-bond donors (Lipinski definition) is 0. The Bertz CT molecular complexity index is 1210. The molecule has 31 heavy (non-hydrogen) atoms. The molecule has 0 saturated carbocycles. The summed E-state index contributed by atoms with van der Waals surface area (Å²) in [4.78, 5) is 29.6. The third-order valence-electron chi connectivity index (χ3n) is 4.86. The number of fused-ring (bicyclic) bond motifs is 3. The zero-order valence-electron chi connectivity index (χ0n) is 17.8. The zero-order chi connectivity index (χ0) is 22.0. The van der Waals surface area contributed by atoms with Crippen LogP contribution in [0.1, 0.15) is 31.9 Å². The number of nitrogens with zero attached hydrogens (tertiary/aromatic N) is 2. The summed E-state index contributed by atoms with van der Waals surface area (Å²) in [5.41, 5.74) is 1.18. The van der Waals surface area contributed by atoms with Crippen LogP contribution in [0.3, 0.4) is 0 Å². The molecule has 0 radical (unpaired) electrons. The van der Waals surface area contributed by atoms with Crippen molar-refractivity contribution in [1.29, 1.82) is 0 Å². The SMILES string of the molecule is CC(C)(C)C(=O)OCn1cnc2cc(OCc3ccccc3)c3c(c2c1=O)OCC=C3. The quantitative estimate of drug-likeness (QED) is 0.582. The summed E-state index contributed by atoms with van der Waals surface area (Å²) in [6.45, 7) is 5.78. The molecule has 1 aliphatic rings. The van der Waals surface area contributed by atoms with E-state index in [1.54, 1.807) is 26.8 Å². The van der Waals surface area contributed by atoms with Gasteiger partial charge in [-0.3, -0.25) is 14.2 Å². The molecule has 1 aliphatic heterocycles. The van der Waals surface area contributed by atoms with E-state index in [0.717, 1.165) is 5.56 Å². The fourth-order valence-electron chi connectivity index (χ4n) is 3.17. The first-order valence-corrected chi connectivity index (χ1v) is 10.0. The van der Waals surface area contributed by atoms with Gasteiger partial charge in [0, 0.05) is 6.07 Å². The lowest BCUT2D eigenvalue weighted by Crippen LogP contribution is -2.28. The van der Waals surface area contributed by atoms with Crippen LogP contribution in [-0.4, -0.2) is 22.1 Å². The van der Waals surface area contributed by atoms with Crippen LogP contribution >= 0.6 is 0 Å². The van der Waals surface area contributed by atoms with Gasteiger partial charge in [0.25, 0.3) is 5.56 Å². The van der Waals surface area contributed by atoms with E-state index in [0.29, 0.717) is 41.2 Å². The number of carbonyl (C=O) groups excluding carboxylic acids is 1. The second-order valence-corrected chi connectivity index (χ2v) is 8.33. The first-order valence-electron chi connectivity index (χ1n) is 10.0. The Morgan fingerprint density at radius 1 is 1.23 bits per heavy atom. The molecule has 0 amide bonds. The molecule has 0 atom stereocenters. The maximum Gasteiger partial charge on any atom is 0.312 e. The minimum atomic E-state index is -0.661. The van der Waals surface area contributed by atoms with Crippen molar-refractivity contribution >= 4 is 22.9 Å². The third kappa shape index (κ3) is 4.30. The number of esters is 1. The van der Waals surface area contributed by atoms with E-state index < -0.39 is 11.4 Å². The van der Waals surface area contributed by atoms with E-state index in [1.165, 1.54) is 10.9 Å². The second-order valence-electron chi connectivity index (χ2n) is 8.33. The van der Waals surface area contributed by atoms with Crippen LogP contribution in [0.5, 0.6) is 11.5 Å². The van der Waals surface area contributed by atoms with E-state index in [-0.39, 0.29) is 12.3 Å². The van der Waals surface area contributed by atoms with Gasteiger partial charge < -0.3 is 14.2 Å². The number of benzene rings is 2. The van der Waals surface area contributed by atoms with Crippen LogP contribution in [-0.2, 0) is 22.9 Å². The summed E-state index contributed by atoms with van der Waals surface area (Å²) in [5, 5.41) is 0.334. The van der Waals surface area contributed by atoms with E-state index >= 15 is 0 Å². The summed E-state index contributed by atoms with van der Waals surface area (Å²) < 4.78 is 18.4. The lowest BCUT2D eigenvalue weighted by atomic mass is 9.98. The highest BCUT2D eigenvalue weighted by molar-refractivity contribution is 5.91. The van der Waals surface area contributed by atoms with Gasteiger partial charge >= 0.3 is 5.97 Å². The number of carbonyl (C=O) groups is 1. The molecule has 2 heterocycles. The predicted octanol–water partition coefficient (Wildman–Crippen LogP) is 3.93. The first kappa shape index (κ1) is 20.7. The van der Waals surface area contributed by atoms with Gasteiger partial charge in [-0.05, 0) is 38.5 Å². The van der Waals surface area contributed by atoms with Gasteiger partial charge in [0.2, 0.25) is 0 Å². The second kappa shape index (κ2) is 8.26. The molecule has 0 bridgehead atoms. The van der Waals surface area contributed by atoms with Crippen molar-refractivity contribution in [3.05, 3.63) is 70.3 Å². The topological polar surface area (TPSA) is 79.7 Å². The molecule has 7 nitrogen and oxygen atoms in total. The summed E-state index contributed by atoms with van der Waals surface area (Å²) in [7, 11) is 0. The molecule has 0 spiro atoms. The minimum absolute atomic E-state index is 0.214. The largest absolute Gasteiger partial charge is 0.488 e. The van der Waals surface area contributed by atoms with Crippen molar-refractivity contribution in [3.8, 4) is 11.5 Å². The minimum Gasteiger partial charge on any atom is -0.488 e. The zero-order valence-corrected chi connectivity index (χ0v) is 17.8. The molecule has 4 rings (SSSR count).